The van der Waals surface area contributed by atoms with Crippen LogP contribution in [-0.4, -0.2) is 51.5 Å². The molecule has 5 rings (SSSR count). The Morgan fingerprint density at radius 3 is 2.21 bits per heavy atom. The molecule has 0 radical (unpaired) electrons. The Balaban J connectivity index is 1.20. The minimum Gasteiger partial charge on any atom is -0.360 e. The molecule has 1 amide bonds. The van der Waals surface area contributed by atoms with Crippen LogP contribution < -0.4 is 5.32 Å². The van der Waals surface area contributed by atoms with E-state index in [-0.39, 0.29) is 12.5 Å². The van der Waals surface area contributed by atoms with E-state index in [1.165, 1.54) is 9.59 Å². The van der Waals surface area contributed by atoms with Crippen molar-refractivity contribution in [1.29, 1.82) is 0 Å². The number of benzene rings is 2. The molecular formula is C21H17ClN10O2. The van der Waals surface area contributed by atoms with Gasteiger partial charge in [-0.25, -0.2) is 0 Å². The van der Waals surface area contributed by atoms with Gasteiger partial charge in [-0.3, -0.25) is 4.79 Å². The molecule has 13 heteroatoms. The first-order chi connectivity index (χ1) is 16.5. The van der Waals surface area contributed by atoms with Crippen molar-refractivity contribution in [3.05, 3.63) is 70.9 Å². The molecule has 2 aromatic carbocycles. The van der Waals surface area contributed by atoms with Gasteiger partial charge in [-0.15, -0.1) is 20.4 Å². The Labute approximate surface area is 197 Å². The number of rotatable bonds is 7. The van der Waals surface area contributed by atoms with Crippen LogP contribution in [-0.2, 0) is 17.9 Å². The third-order valence-electron chi connectivity index (χ3n) is 4.72. The Bertz CT molecular complexity index is 1420. The Morgan fingerprint density at radius 1 is 0.941 bits per heavy atom. The molecule has 1 N–H and O–H groups in total. The SMILES string of the molecule is Cc1cc(NC(=O)Cn2nnc(-c3ccc(Cn4nnc(-c5ccc(Cl)cc5)n4)cc3)n2)no1. The minimum atomic E-state index is -0.342. The van der Waals surface area contributed by atoms with Crippen LogP contribution in [0.2, 0.25) is 5.02 Å². The van der Waals surface area contributed by atoms with Gasteiger partial charge in [0.2, 0.25) is 17.6 Å². The van der Waals surface area contributed by atoms with Crippen molar-refractivity contribution >= 4 is 23.3 Å². The van der Waals surface area contributed by atoms with Gasteiger partial charge in [-0.05, 0) is 47.2 Å². The number of tetrazole rings is 2. The molecule has 0 aliphatic heterocycles. The van der Waals surface area contributed by atoms with Crippen LogP contribution in [0.5, 0.6) is 0 Å². The van der Waals surface area contributed by atoms with Crippen LogP contribution in [0.1, 0.15) is 11.3 Å². The lowest BCUT2D eigenvalue weighted by Crippen LogP contribution is -2.20. The van der Waals surface area contributed by atoms with Crippen molar-refractivity contribution in [2.75, 3.05) is 5.32 Å². The highest BCUT2D eigenvalue weighted by Crippen LogP contribution is 2.18. The fourth-order valence-corrected chi connectivity index (χ4v) is 3.24. The summed E-state index contributed by atoms with van der Waals surface area (Å²) >= 11 is 5.92. The maximum absolute atomic E-state index is 12.1. The minimum absolute atomic E-state index is 0.106. The largest absolute Gasteiger partial charge is 0.360 e. The average Bonchev–Trinajstić information content (AvgIpc) is 3.57. The number of nitrogens with zero attached hydrogens (tertiary/aromatic N) is 9. The average molecular weight is 477 g/mol. The van der Waals surface area contributed by atoms with E-state index in [9.17, 15) is 4.79 Å². The first-order valence-electron chi connectivity index (χ1n) is 10.2. The van der Waals surface area contributed by atoms with Gasteiger partial charge < -0.3 is 9.84 Å². The van der Waals surface area contributed by atoms with Crippen molar-refractivity contribution in [3.63, 3.8) is 0 Å². The Kier molecular flexibility index (Phi) is 5.79. The number of aromatic nitrogens is 9. The van der Waals surface area contributed by atoms with Crippen molar-refractivity contribution in [2.24, 2.45) is 0 Å². The van der Waals surface area contributed by atoms with Gasteiger partial charge in [0.25, 0.3) is 0 Å². The van der Waals surface area contributed by atoms with Crippen molar-refractivity contribution in [3.8, 4) is 22.8 Å². The molecule has 34 heavy (non-hydrogen) atoms. The van der Waals surface area contributed by atoms with Crippen LogP contribution in [0.15, 0.2) is 59.1 Å². The number of carbonyl (C=O) groups is 1. The van der Waals surface area contributed by atoms with Gasteiger partial charge in [0, 0.05) is 22.2 Å². The number of hydrogen-bond donors (Lipinski definition) is 1. The van der Waals surface area contributed by atoms with E-state index in [1.54, 1.807) is 25.1 Å². The molecule has 5 aromatic rings. The number of amides is 1. The second kappa shape index (κ2) is 9.19. The second-order valence-electron chi connectivity index (χ2n) is 7.36. The molecule has 0 bridgehead atoms. The second-order valence-corrected chi connectivity index (χ2v) is 7.80. The third-order valence-corrected chi connectivity index (χ3v) is 4.98. The van der Waals surface area contributed by atoms with Gasteiger partial charge in [0.1, 0.15) is 12.3 Å². The standard InChI is InChI=1S/C21H17ClN10O2/c1-13-10-18(28-34-13)23-19(33)12-32-27-20(25-30-32)15-4-2-14(3-5-15)11-31-26-21(24-29-31)16-6-8-17(22)9-7-16/h2-10H,11-12H2,1H3,(H,23,28,33). The molecule has 170 valence electrons. The summed E-state index contributed by atoms with van der Waals surface area (Å²) in [6, 6.07) is 16.4. The molecule has 0 unspecified atom stereocenters. The smallest absolute Gasteiger partial charge is 0.249 e. The van der Waals surface area contributed by atoms with Gasteiger partial charge >= 0.3 is 0 Å². The first kappa shape index (κ1) is 21.4. The van der Waals surface area contributed by atoms with E-state index in [0.29, 0.717) is 34.8 Å². The van der Waals surface area contributed by atoms with E-state index < -0.39 is 0 Å². The summed E-state index contributed by atoms with van der Waals surface area (Å²) in [5.74, 6) is 1.52. The van der Waals surface area contributed by atoms with E-state index >= 15 is 0 Å². The lowest BCUT2D eigenvalue weighted by Gasteiger charge is -2.01. The van der Waals surface area contributed by atoms with Gasteiger partial charge in [-0.2, -0.15) is 9.59 Å². The summed E-state index contributed by atoms with van der Waals surface area (Å²) in [7, 11) is 0. The topological polar surface area (TPSA) is 142 Å². The summed E-state index contributed by atoms with van der Waals surface area (Å²) in [5, 5.41) is 31.8. The van der Waals surface area contributed by atoms with Crippen molar-refractivity contribution in [2.45, 2.75) is 20.0 Å². The highest BCUT2D eigenvalue weighted by atomic mass is 35.5. The van der Waals surface area contributed by atoms with Gasteiger partial charge in [-0.1, -0.05) is 41.0 Å². The van der Waals surface area contributed by atoms with Gasteiger partial charge in [0.05, 0.1) is 6.54 Å². The Morgan fingerprint density at radius 2 is 1.56 bits per heavy atom. The summed E-state index contributed by atoms with van der Waals surface area (Å²) < 4.78 is 4.92. The summed E-state index contributed by atoms with van der Waals surface area (Å²) in [4.78, 5) is 14.8. The first-order valence-corrected chi connectivity index (χ1v) is 10.5. The van der Waals surface area contributed by atoms with Crippen LogP contribution in [0, 0.1) is 6.92 Å². The molecule has 0 aliphatic rings. The zero-order chi connectivity index (χ0) is 23.5. The normalized spacial score (nSPS) is 11.0. The van der Waals surface area contributed by atoms with E-state index in [1.807, 2.05) is 36.4 Å². The van der Waals surface area contributed by atoms with E-state index in [4.69, 9.17) is 16.1 Å². The number of aryl methyl sites for hydroxylation is 1. The van der Waals surface area contributed by atoms with Crippen molar-refractivity contribution in [1.82, 2.24) is 45.6 Å². The summed E-state index contributed by atoms with van der Waals surface area (Å²) in [6.07, 6.45) is 0. The maximum Gasteiger partial charge on any atom is 0.249 e. The molecule has 12 nitrogen and oxygen atoms in total. The number of carbonyl (C=O) groups excluding carboxylic acids is 1. The van der Waals surface area contributed by atoms with Crippen LogP contribution in [0.25, 0.3) is 22.8 Å². The predicted octanol–water partition coefficient (Wildman–Crippen LogP) is 2.63. The maximum atomic E-state index is 12.1. The predicted molar refractivity (Wildman–Crippen MR) is 120 cm³/mol. The lowest BCUT2D eigenvalue weighted by molar-refractivity contribution is -0.117. The van der Waals surface area contributed by atoms with Crippen LogP contribution in [0.3, 0.4) is 0 Å². The summed E-state index contributed by atoms with van der Waals surface area (Å²) in [5.41, 5.74) is 2.57. The van der Waals surface area contributed by atoms with Crippen molar-refractivity contribution < 1.29 is 9.32 Å². The fourth-order valence-electron chi connectivity index (χ4n) is 3.11. The van der Waals surface area contributed by atoms with Crippen LogP contribution in [0.4, 0.5) is 5.82 Å². The Hall–Kier alpha value is -4.45. The molecule has 0 atom stereocenters. The molecule has 3 aromatic heterocycles. The van der Waals surface area contributed by atoms with Crippen LogP contribution >= 0.6 is 11.6 Å². The zero-order valence-electron chi connectivity index (χ0n) is 17.8. The molecular weight excluding hydrogens is 460 g/mol. The third kappa shape index (κ3) is 4.96. The molecule has 0 saturated heterocycles. The molecule has 0 fully saturated rings. The zero-order valence-corrected chi connectivity index (χ0v) is 18.6. The monoisotopic (exact) mass is 476 g/mol. The fraction of sp³-hybridized carbons (Fsp3) is 0.143. The number of nitrogens with one attached hydrogen (secondary N) is 1. The molecule has 0 aliphatic carbocycles. The molecule has 3 heterocycles. The highest BCUT2D eigenvalue weighted by molar-refractivity contribution is 6.30. The summed E-state index contributed by atoms with van der Waals surface area (Å²) in [6.45, 7) is 2.08. The molecule has 0 spiro atoms. The van der Waals surface area contributed by atoms with E-state index in [2.05, 4.69) is 41.3 Å². The molecule has 0 saturated carbocycles. The van der Waals surface area contributed by atoms with Gasteiger partial charge in [0.15, 0.2) is 5.82 Å². The number of halogens is 1. The highest BCUT2D eigenvalue weighted by Gasteiger charge is 2.12. The number of hydrogen-bond acceptors (Lipinski definition) is 9. The number of anilines is 1. The van der Waals surface area contributed by atoms with E-state index in [0.717, 1.165) is 16.7 Å². The quantitative estimate of drug-likeness (QED) is 0.375. The lowest BCUT2D eigenvalue weighted by atomic mass is 10.1.